The first-order valence-corrected chi connectivity index (χ1v) is 7.59. The average molecular weight is 311 g/mol. The van der Waals surface area contributed by atoms with Crippen molar-refractivity contribution in [1.29, 1.82) is 0 Å². The Morgan fingerprint density at radius 3 is 2.81 bits per heavy atom. The highest BCUT2D eigenvalue weighted by Gasteiger charge is 2.65. The number of halogens is 2. The number of amides is 1. The minimum atomic E-state index is -0.413. The number of benzene rings is 1. The Balaban J connectivity index is 1.80. The molecule has 2 aliphatic rings. The molecule has 0 spiro atoms. The molecule has 1 heterocycles. The maximum absolute atomic E-state index is 13.4. The highest BCUT2D eigenvalue weighted by molar-refractivity contribution is 6.31. The molecule has 1 aromatic rings. The monoisotopic (exact) mass is 310 g/mol. The fraction of sp³-hybridized carbons (Fsp3) is 0.562. The van der Waals surface area contributed by atoms with Crippen LogP contribution in [0.1, 0.15) is 25.8 Å². The first kappa shape index (κ1) is 14.8. The van der Waals surface area contributed by atoms with Crippen molar-refractivity contribution in [2.75, 3.05) is 13.1 Å². The van der Waals surface area contributed by atoms with E-state index in [9.17, 15) is 9.18 Å². The van der Waals surface area contributed by atoms with Crippen molar-refractivity contribution >= 4 is 17.5 Å². The molecule has 114 valence electrons. The molecule has 1 saturated heterocycles. The summed E-state index contributed by atoms with van der Waals surface area (Å²) in [6, 6.07) is 4.39. The molecule has 2 atom stereocenters. The average Bonchev–Trinajstić information content (AvgIpc) is 2.69. The van der Waals surface area contributed by atoms with Crippen molar-refractivity contribution in [1.82, 2.24) is 4.90 Å². The Morgan fingerprint density at radius 1 is 1.52 bits per heavy atom. The lowest BCUT2D eigenvalue weighted by Gasteiger charge is -2.54. The molecule has 1 aromatic carbocycles. The quantitative estimate of drug-likeness (QED) is 0.933. The molecule has 0 aromatic heterocycles. The molecule has 0 bridgehead atoms. The number of carbonyl (C=O) groups excluding carboxylic acids is 1. The minimum Gasteiger partial charge on any atom is -0.369 e. The summed E-state index contributed by atoms with van der Waals surface area (Å²) < 4.78 is 13.4. The van der Waals surface area contributed by atoms with Gasteiger partial charge in [-0.15, -0.1) is 0 Å². The van der Waals surface area contributed by atoms with E-state index in [1.807, 2.05) is 0 Å². The van der Waals surface area contributed by atoms with Crippen LogP contribution in [0.15, 0.2) is 18.2 Å². The molecule has 1 aliphatic carbocycles. The van der Waals surface area contributed by atoms with Crippen molar-refractivity contribution in [2.45, 2.75) is 26.8 Å². The predicted octanol–water partition coefficient (Wildman–Crippen LogP) is 2.81. The van der Waals surface area contributed by atoms with Gasteiger partial charge in [0.15, 0.2) is 0 Å². The lowest BCUT2D eigenvalue weighted by atomic mass is 9.48. The highest BCUT2D eigenvalue weighted by Crippen LogP contribution is 2.62. The second kappa shape index (κ2) is 4.68. The molecule has 0 unspecified atom stereocenters. The summed E-state index contributed by atoms with van der Waals surface area (Å²) in [5.41, 5.74) is 6.13. The van der Waals surface area contributed by atoms with Gasteiger partial charge in [0.05, 0.1) is 5.41 Å². The van der Waals surface area contributed by atoms with Crippen LogP contribution in [0, 0.1) is 22.6 Å². The zero-order valence-electron chi connectivity index (χ0n) is 12.3. The fourth-order valence-corrected chi connectivity index (χ4v) is 4.53. The van der Waals surface area contributed by atoms with Crippen LogP contribution in [0.3, 0.4) is 0 Å². The third kappa shape index (κ3) is 2.25. The van der Waals surface area contributed by atoms with Crippen molar-refractivity contribution < 1.29 is 9.18 Å². The van der Waals surface area contributed by atoms with Crippen LogP contribution < -0.4 is 5.73 Å². The third-order valence-electron chi connectivity index (χ3n) is 5.22. The molecule has 0 radical (unpaired) electrons. The van der Waals surface area contributed by atoms with Crippen LogP contribution in [-0.4, -0.2) is 23.9 Å². The Kier molecular flexibility index (Phi) is 3.30. The summed E-state index contributed by atoms with van der Waals surface area (Å²) >= 11 is 6.13. The van der Waals surface area contributed by atoms with Gasteiger partial charge in [-0.1, -0.05) is 25.4 Å². The molecular weight excluding hydrogens is 291 g/mol. The fourth-order valence-electron chi connectivity index (χ4n) is 4.35. The van der Waals surface area contributed by atoms with E-state index in [2.05, 4.69) is 18.7 Å². The lowest BCUT2D eigenvalue weighted by Crippen LogP contribution is -2.59. The van der Waals surface area contributed by atoms with Gasteiger partial charge in [-0.3, -0.25) is 9.69 Å². The first-order valence-electron chi connectivity index (χ1n) is 7.21. The molecular formula is C16H20ClFN2O. The normalized spacial score (nSPS) is 30.8. The van der Waals surface area contributed by atoms with E-state index in [1.165, 1.54) is 12.1 Å². The number of hydrogen-bond acceptors (Lipinski definition) is 2. The van der Waals surface area contributed by atoms with Crippen molar-refractivity contribution in [3.63, 3.8) is 0 Å². The number of hydrogen-bond donors (Lipinski definition) is 1. The van der Waals surface area contributed by atoms with Crippen molar-refractivity contribution in [3.8, 4) is 0 Å². The third-order valence-corrected chi connectivity index (χ3v) is 5.59. The lowest BCUT2D eigenvalue weighted by molar-refractivity contribution is -0.148. The van der Waals surface area contributed by atoms with Crippen molar-refractivity contribution in [2.24, 2.45) is 22.5 Å². The molecule has 3 nitrogen and oxygen atoms in total. The van der Waals surface area contributed by atoms with Crippen LogP contribution in [0.4, 0.5) is 4.39 Å². The van der Waals surface area contributed by atoms with E-state index < -0.39 is 5.41 Å². The Bertz CT molecular complexity index is 604. The van der Waals surface area contributed by atoms with Gasteiger partial charge >= 0.3 is 0 Å². The van der Waals surface area contributed by atoms with Crippen LogP contribution in [-0.2, 0) is 11.3 Å². The SMILES string of the molecule is CC1(C)C[C@]2(C(N)=O)CN(Cc3cc(F)ccc3Cl)C[C@H]12. The number of nitrogens with two attached hydrogens (primary N) is 1. The van der Waals surface area contributed by atoms with Crippen molar-refractivity contribution in [3.05, 3.63) is 34.6 Å². The summed E-state index contributed by atoms with van der Waals surface area (Å²) in [4.78, 5) is 14.1. The van der Waals surface area contributed by atoms with Crippen LogP contribution >= 0.6 is 11.6 Å². The molecule has 2 fully saturated rings. The number of fused-ring (bicyclic) bond motifs is 1. The molecule has 5 heteroatoms. The predicted molar refractivity (Wildman–Crippen MR) is 80.2 cm³/mol. The minimum absolute atomic E-state index is 0.134. The molecule has 1 aliphatic heterocycles. The second-order valence-corrected chi connectivity index (χ2v) is 7.55. The summed E-state index contributed by atoms with van der Waals surface area (Å²) in [6.45, 7) is 6.36. The van der Waals surface area contributed by atoms with Gasteiger partial charge in [0.1, 0.15) is 5.82 Å². The van der Waals surface area contributed by atoms with Gasteiger partial charge in [0.2, 0.25) is 5.91 Å². The van der Waals surface area contributed by atoms with Gasteiger partial charge < -0.3 is 5.73 Å². The van der Waals surface area contributed by atoms with E-state index in [4.69, 9.17) is 17.3 Å². The summed E-state index contributed by atoms with van der Waals surface area (Å²) in [6.07, 6.45) is 0.827. The second-order valence-electron chi connectivity index (χ2n) is 7.14. The van der Waals surface area contributed by atoms with Crippen LogP contribution in [0.5, 0.6) is 0 Å². The largest absolute Gasteiger partial charge is 0.369 e. The summed E-state index contributed by atoms with van der Waals surface area (Å²) in [7, 11) is 0. The topological polar surface area (TPSA) is 46.3 Å². The van der Waals surface area contributed by atoms with Crippen LogP contribution in [0.25, 0.3) is 0 Å². The Morgan fingerprint density at radius 2 is 2.24 bits per heavy atom. The van der Waals surface area contributed by atoms with Gasteiger partial charge in [0.25, 0.3) is 0 Å². The smallest absolute Gasteiger partial charge is 0.225 e. The van der Waals surface area contributed by atoms with E-state index in [-0.39, 0.29) is 23.1 Å². The zero-order chi connectivity index (χ0) is 15.4. The first-order chi connectivity index (χ1) is 9.74. The molecule has 2 N–H and O–H groups in total. The summed E-state index contributed by atoms with van der Waals surface area (Å²) in [5.74, 6) is -0.226. The number of primary amides is 1. The summed E-state index contributed by atoms with van der Waals surface area (Å²) in [5, 5.41) is 0.558. The number of rotatable bonds is 3. The molecule has 21 heavy (non-hydrogen) atoms. The number of nitrogens with zero attached hydrogens (tertiary/aromatic N) is 1. The molecule has 1 amide bonds. The Labute approximate surface area is 129 Å². The van der Waals surface area contributed by atoms with Gasteiger partial charge in [-0.25, -0.2) is 4.39 Å². The van der Waals surface area contributed by atoms with Gasteiger partial charge in [-0.2, -0.15) is 0 Å². The maximum atomic E-state index is 13.4. The number of likely N-dealkylation sites (tertiary alicyclic amines) is 1. The molecule has 3 rings (SSSR count). The van der Waals surface area contributed by atoms with Crippen LogP contribution in [0.2, 0.25) is 5.02 Å². The van der Waals surface area contributed by atoms with E-state index >= 15 is 0 Å². The Hall–Kier alpha value is -1.13. The standard InChI is InChI=1S/C16H20ClFN2O/c1-15(2)8-16(14(19)21)9-20(7-13(15)16)6-10-5-11(18)3-4-12(10)17/h3-5,13H,6-9H2,1-2H3,(H2,19,21)/t13-,16+/m1/s1. The maximum Gasteiger partial charge on any atom is 0.225 e. The van der Waals surface area contributed by atoms with Gasteiger partial charge in [0, 0.05) is 24.7 Å². The zero-order valence-corrected chi connectivity index (χ0v) is 13.1. The van der Waals surface area contributed by atoms with Gasteiger partial charge in [-0.05, 0) is 41.5 Å². The van der Waals surface area contributed by atoms with E-state index in [0.717, 1.165) is 18.5 Å². The highest BCUT2D eigenvalue weighted by atomic mass is 35.5. The molecule has 1 saturated carbocycles. The van der Waals surface area contributed by atoms with E-state index in [0.29, 0.717) is 18.1 Å². The van der Waals surface area contributed by atoms with E-state index in [1.54, 1.807) is 6.07 Å². The number of carbonyl (C=O) groups is 1.